The second-order valence-electron chi connectivity index (χ2n) is 4.70. The van der Waals surface area contributed by atoms with Crippen molar-refractivity contribution < 1.29 is 0 Å². The average molecular weight is 298 g/mol. The van der Waals surface area contributed by atoms with Gasteiger partial charge < -0.3 is 5.32 Å². The molecule has 1 heterocycles. The van der Waals surface area contributed by atoms with Crippen LogP contribution in [0.25, 0.3) is 0 Å². The Hall–Kier alpha value is -1.19. The summed E-state index contributed by atoms with van der Waals surface area (Å²) in [5, 5.41) is 8.98. The first kappa shape index (κ1) is 14.2. The fourth-order valence-corrected chi connectivity index (χ4v) is 2.62. The Balaban J connectivity index is 2.25. The van der Waals surface area contributed by atoms with Gasteiger partial charge in [0.15, 0.2) is 0 Å². The fraction of sp³-hybridized carbons (Fsp3) is 0.357. The molecule has 2 aromatic rings. The number of aromatic nitrogens is 2. The summed E-state index contributed by atoms with van der Waals surface area (Å²) in [6.45, 7) is 6.21. The zero-order valence-electron chi connectivity index (χ0n) is 11.5. The van der Waals surface area contributed by atoms with Gasteiger partial charge in [-0.2, -0.15) is 5.10 Å². The second-order valence-corrected chi connectivity index (χ2v) is 5.52. The molecule has 5 heteroatoms. The summed E-state index contributed by atoms with van der Waals surface area (Å²) in [4.78, 5) is 0. The minimum Gasteiger partial charge on any atom is -0.378 e. The van der Waals surface area contributed by atoms with Crippen LogP contribution in [0.2, 0.25) is 10.0 Å². The fourth-order valence-electron chi connectivity index (χ4n) is 2.32. The molecular weight excluding hydrogens is 281 g/mol. The van der Waals surface area contributed by atoms with E-state index in [4.69, 9.17) is 23.2 Å². The van der Waals surface area contributed by atoms with E-state index in [1.165, 1.54) is 5.56 Å². The molecule has 0 saturated heterocycles. The number of benzene rings is 1. The van der Waals surface area contributed by atoms with Crippen LogP contribution in [-0.4, -0.2) is 9.78 Å². The maximum absolute atomic E-state index is 6.02. The first-order chi connectivity index (χ1) is 8.90. The SMILES string of the molecule is Cc1nn(C)c(C)c1C(C)Nc1ccc(Cl)c(Cl)c1. The molecule has 0 fully saturated rings. The normalized spacial score (nSPS) is 12.5. The predicted molar refractivity (Wildman–Crippen MR) is 81.2 cm³/mol. The highest BCUT2D eigenvalue weighted by molar-refractivity contribution is 6.42. The van der Waals surface area contributed by atoms with Gasteiger partial charge in [-0.15, -0.1) is 0 Å². The Labute approximate surface area is 123 Å². The summed E-state index contributed by atoms with van der Waals surface area (Å²) < 4.78 is 1.90. The number of hydrogen-bond acceptors (Lipinski definition) is 2. The zero-order valence-corrected chi connectivity index (χ0v) is 13.0. The van der Waals surface area contributed by atoms with Crippen LogP contribution in [-0.2, 0) is 7.05 Å². The van der Waals surface area contributed by atoms with E-state index in [1.807, 2.05) is 30.8 Å². The quantitative estimate of drug-likeness (QED) is 0.903. The van der Waals surface area contributed by atoms with Crippen molar-refractivity contribution in [3.8, 4) is 0 Å². The number of rotatable bonds is 3. The van der Waals surface area contributed by atoms with Gasteiger partial charge >= 0.3 is 0 Å². The summed E-state index contributed by atoms with van der Waals surface area (Å²) in [5.41, 5.74) is 4.37. The van der Waals surface area contributed by atoms with Crippen LogP contribution >= 0.6 is 23.2 Å². The number of aryl methyl sites for hydroxylation is 2. The molecule has 0 bridgehead atoms. The third kappa shape index (κ3) is 2.88. The Morgan fingerprint density at radius 3 is 2.42 bits per heavy atom. The molecule has 1 unspecified atom stereocenters. The van der Waals surface area contributed by atoms with Crippen molar-refractivity contribution in [3.05, 3.63) is 45.2 Å². The summed E-state index contributed by atoms with van der Waals surface area (Å²) in [6, 6.07) is 5.71. The smallest absolute Gasteiger partial charge is 0.0649 e. The minimum absolute atomic E-state index is 0.158. The van der Waals surface area contributed by atoms with Gasteiger partial charge in [0.05, 0.1) is 21.8 Å². The van der Waals surface area contributed by atoms with Gasteiger partial charge in [-0.1, -0.05) is 23.2 Å². The number of halogens is 2. The summed E-state index contributed by atoms with van der Waals surface area (Å²) in [5.74, 6) is 0. The summed E-state index contributed by atoms with van der Waals surface area (Å²) in [6.07, 6.45) is 0. The highest BCUT2D eigenvalue weighted by Crippen LogP contribution is 2.29. The molecule has 1 N–H and O–H groups in total. The predicted octanol–water partition coefficient (Wildman–Crippen LogP) is 4.52. The van der Waals surface area contributed by atoms with Crippen molar-refractivity contribution in [2.45, 2.75) is 26.8 Å². The highest BCUT2D eigenvalue weighted by atomic mass is 35.5. The van der Waals surface area contributed by atoms with E-state index in [9.17, 15) is 0 Å². The van der Waals surface area contributed by atoms with Crippen LogP contribution in [0.1, 0.15) is 29.9 Å². The zero-order chi connectivity index (χ0) is 14.2. The first-order valence-electron chi connectivity index (χ1n) is 6.12. The molecule has 0 amide bonds. The molecule has 0 saturated carbocycles. The van der Waals surface area contributed by atoms with Crippen molar-refractivity contribution in [2.75, 3.05) is 5.32 Å². The number of nitrogens with zero attached hydrogens (tertiary/aromatic N) is 2. The lowest BCUT2D eigenvalue weighted by molar-refractivity contribution is 0.728. The molecule has 102 valence electrons. The molecule has 19 heavy (non-hydrogen) atoms. The molecule has 0 aliphatic heterocycles. The maximum atomic E-state index is 6.02. The van der Waals surface area contributed by atoms with E-state index in [-0.39, 0.29) is 6.04 Å². The van der Waals surface area contributed by atoms with Gasteiger partial charge in [0.2, 0.25) is 0 Å². The molecular formula is C14H17Cl2N3. The van der Waals surface area contributed by atoms with Crippen LogP contribution in [0.4, 0.5) is 5.69 Å². The molecule has 1 atom stereocenters. The maximum Gasteiger partial charge on any atom is 0.0649 e. The third-order valence-electron chi connectivity index (χ3n) is 3.30. The van der Waals surface area contributed by atoms with E-state index in [2.05, 4.69) is 24.3 Å². The van der Waals surface area contributed by atoms with Crippen LogP contribution < -0.4 is 5.32 Å². The molecule has 0 radical (unpaired) electrons. The lowest BCUT2D eigenvalue weighted by atomic mass is 10.1. The highest BCUT2D eigenvalue weighted by Gasteiger charge is 2.16. The van der Waals surface area contributed by atoms with E-state index >= 15 is 0 Å². The second kappa shape index (κ2) is 5.43. The Kier molecular flexibility index (Phi) is 4.07. The average Bonchev–Trinajstić information content (AvgIpc) is 2.58. The third-order valence-corrected chi connectivity index (χ3v) is 4.04. The van der Waals surface area contributed by atoms with Gasteiger partial charge in [0.25, 0.3) is 0 Å². The van der Waals surface area contributed by atoms with Gasteiger partial charge in [-0.25, -0.2) is 0 Å². The van der Waals surface area contributed by atoms with E-state index < -0.39 is 0 Å². The topological polar surface area (TPSA) is 29.9 Å². The molecule has 0 spiro atoms. The lowest BCUT2D eigenvalue weighted by Gasteiger charge is -2.16. The summed E-state index contributed by atoms with van der Waals surface area (Å²) in [7, 11) is 1.96. The molecule has 0 aliphatic rings. The van der Waals surface area contributed by atoms with Gasteiger partial charge in [-0.05, 0) is 39.0 Å². The van der Waals surface area contributed by atoms with Crippen LogP contribution in [0.5, 0.6) is 0 Å². The van der Waals surface area contributed by atoms with Gasteiger partial charge in [0.1, 0.15) is 0 Å². The first-order valence-corrected chi connectivity index (χ1v) is 6.87. The van der Waals surface area contributed by atoms with Crippen molar-refractivity contribution in [3.63, 3.8) is 0 Å². The molecule has 3 nitrogen and oxygen atoms in total. The molecule has 1 aromatic carbocycles. The Morgan fingerprint density at radius 2 is 1.89 bits per heavy atom. The van der Waals surface area contributed by atoms with Gasteiger partial charge in [-0.3, -0.25) is 4.68 Å². The molecule has 0 aliphatic carbocycles. The number of hydrogen-bond donors (Lipinski definition) is 1. The largest absolute Gasteiger partial charge is 0.378 e. The van der Waals surface area contributed by atoms with Crippen molar-refractivity contribution in [1.82, 2.24) is 9.78 Å². The van der Waals surface area contributed by atoms with E-state index in [0.29, 0.717) is 10.0 Å². The van der Waals surface area contributed by atoms with Crippen LogP contribution in [0.3, 0.4) is 0 Å². The van der Waals surface area contributed by atoms with Crippen molar-refractivity contribution >= 4 is 28.9 Å². The minimum atomic E-state index is 0.158. The summed E-state index contributed by atoms with van der Waals surface area (Å²) >= 11 is 11.9. The van der Waals surface area contributed by atoms with Crippen molar-refractivity contribution in [1.29, 1.82) is 0 Å². The van der Waals surface area contributed by atoms with E-state index in [1.54, 1.807) is 6.07 Å². The number of anilines is 1. The van der Waals surface area contributed by atoms with E-state index in [0.717, 1.165) is 17.1 Å². The monoisotopic (exact) mass is 297 g/mol. The standard InChI is InChI=1S/C14H17Cl2N3/c1-8(14-9(2)18-19(4)10(14)3)17-11-5-6-12(15)13(16)7-11/h5-8,17H,1-4H3. The van der Waals surface area contributed by atoms with Crippen molar-refractivity contribution in [2.24, 2.45) is 7.05 Å². The lowest BCUT2D eigenvalue weighted by Crippen LogP contribution is -2.09. The Morgan fingerprint density at radius 1 is 1.21 bits per heavy atom. The van der Waals surface area contributed by atoms with Gasteiger partial charge in [0, 0.05) is 24.0 Å². The van der Waals surface area contributed by atoms with Crippen LogP contribution in [0, 0.1) is 13.8 Å². The molecule has 2 rings (SSSR count). The number of nitrogens with one attached hydrogen (secondary N) is 1. The Bertz CT molecular complexity index is 605. The molecule has 1 aromatic heterocycles. The van der Waals surface area contributed by atoms with Crippen LogP contribution in [0.15, 0.2) is 18.2 Å².